The first kappa shape index (κ1) is 10.7. The number of piperidine rings is 1. The third-order valence-electron chi connectivity index (χ3n) is 2.70. The largest absolute Gasteiger partial charge is 0.302 e. The van der Waals surface area contributed by atoms with E-state index in [0.717, 1.165) is 4.83 Å². The smallest absolute Gasteiger partial charge is 0.0273 e. The fourth-order valence-corrected chi connectivity index (χ4v) is 3.36. The van der Waals surface area contributed by atoms with Crippen molar-refractivity contribution in [2.24, 2.45) is 0 Å². The molecular weight excluding hydrogens is 258 g/mol. The second-order valence-corrected chi connectivity index (χ2v) is 6.20. The lowest BCUT2D eigenvalue weighted by atomic mass is 10.1. The number of halogens is 1. The monoisotopic (exact) mass is 273 g/mol. The molecule has 0 aliphatic carbocycles. The first-order chi connectivity index (χ1) is 6.84. The lowest BCUT2D eigenvalue weighted by Gasteiger charge is -2.29. The van der Waals surface area contributed by atoms with Crippen LogP contribution in [0.3, 0.4) is 0 Å². The summed E-state index contributed by atoms with van der Waals surface area (Å²) in [6, 6.07) is 4.38. The van der Waals surface area contributed by atoms with Gasteiger partial charge in [0.05, 0.1) is 0 Å². The second kappa shape index (κ2) is 5.29. The highest BCUT2D eigenvalue weighted by molar-refractivity contribution is 9.09. The Balaban J connectivity index is 1.75. The summed E-state index contributed by atoms with van der Waals surface area (Å²) in [5.74, 6) is 0. The zero-order valence-corrected chi connectivity index (χ0v) is 10.7. The maximum atomic E-state index is 3.71. The van der Waals surface area contributed by atoms with Crippen LogP contribution in [-0.2, 0) is 6.42 Å². The van der Waals surface area contributed by atoms with Crippen molar-refractivity contribution >= 4 is 27.3 Å². The maximum absolute atomic E-state index is 3.71. The number of alkyl halides is 1. The van der Waals surface area contributed by atoms with Crippen molar-refractivity contribution in [3.63, 3.8) is 0 Å². The molecule has 0 amide bonds. The summed E-state index contributed by atoms with van der Waals surface area (Å²) in [6.07, 6.45) is 3.91. The fraction of sp³-hybridized carbons (Fsp3) is 0.636. The number of nitrogens with zero attached hydrogens (tertiary/aromatic N) is 1. The SMILES string of the molecule is BrC1CCCN(CCc2cccs2)C1. The van der Waals surface area contributed by atoms with Gasteiger partial charge in [-0.3, -0.25) is 0 Å². The molecule has 0 aromatic carbocycles. The van der Waals surface area contributed by atoms with E-state index in [2.05, 4.69) is 38.3 Å². The lowest BCUT2D eigenvalue weighted by Crippen LogP contribution is -2.36. The molecule has 78 valence electrons. The summed E-state index contributed by atoms with van der Waals surface area (Å²) in [5, 5.41) is 2.17. The number of hydrogen-bond acceptors (Lipinski definition) is 2. The number of likely N-dealkylation sites (tertiary alicyclic amines) is 1. The Morgan fingerprint density at radius 1 is 1.57 bits per heavy atom. The van der Waals surface area contributed by atoms with Crippen LogP contribution in [0, 0.1) is 0 Å². The van der Waals surface area contributed by atoms with Gasteiger partial charge in [-0.25, -0.2) is 0 Å². The Bertz CT molecular complexity index is 260. The number of rotatable bonds is 3. The molecular formula is C11H16BrNS. The molecule has 1 fully saturated rings. The Morgan fingerprint density at radius 2 is 2.50 bits per heavy atom. The van der Waals surface area contributed by atoms with Crippen LogP contribution >= 0.6 is 27.3 Å². The zero-order valence-electron chi connectivity index (χ0n) is 8.29. The van der Waals surface area contributed by atoms with Crippen molar-refractivity contribution in [3.8, 4) is 0 Å². The van der Waals surface area contributed by atoms with Crippen LogP contribution in [0.5, 0.6) is 0 Å². The summed E-state index contributed by atoms with van der Waals surface area (Å²) >= 11 is 5.58. The van der Waals surface area contributed by atoms with E-state index in [1.165, 1.54) is 43.8 Å². The van der Waals surface area contributed by atoms with Gasteiger partial charge >= 0.3 is 0 Å². The molecule has 0 spiro atoms. The minimum atomic E-state index is 0.722. The van der Waals surface area contributed by atoms with E-state index in [1.807, 2.05) is 11.3 Å². The summed E-state index contributed by atoms with van der Waals surface area (Å²) in [7, 11) is 0. The van der Waals surface area contributed by atoms with Gasteiger partial charge in [0.2, 0.25) is 0 Å². The third kappa shape index (κ3) is 3.07. The molecule has 2 rings (SSSR count). The quantitative estimate of drug-likeness (QED) is 0.765. The molecule has 1 saturated heterocycles. The van der Waals surface area contributed by atoms with Gasteiger partial charge in [-0.2, -0.15) is 0 Å². The van der Waals surface area contributed by atoms with Crippen LogP contribution in [0.1, 0.15) is 17.7 Å². The molecule has 0 saturated carbocycles. The van der Waals surface area contributed by atoms with Crippen LogP contribution in [0.25, 0.3) is 0 Å². The molecule has 1 unspecified atom stereocenters. The van der Waals surface area contributed by atoms with Gasteiger partial charge in [-0.1, -0.05) is 22.0 Å². The minimum Gasteiger partial charge on any atom is -0.302 e. The Morgan fingerprint density at radius 3 is 3.21 bits per heavy atom. The standard InChI is InChI=1S/C11H16BrNS/c12-10-3-1-6-13(9-10)7-5-11-4-2-8-14-11/h2,4,8,10H,1,3,5-7,9H2. The first-order valence-corrected chi connectivity index (χ1v) is 7.03. The van der Waals surface area contributed by atoms with Crippen molar-refractivity contribution < 1.29 is 0 Å². The summed E-state index contributed by atoms with van der Waals surface area (Å²) < 4.78 is 0. The average molecular weight is 274 g/mol. The Hall–Kier alpha value is 0.140. The zero-order chi connectivity index (χ0) is 9.80. The number of hydrogen-bond donors (Lipinski definition) is 0. The molecule has 1 aliphatic rings. The van der Waals surface area contributed by atoms with Crippen molar-refractivity contribution in [2.45, 2.75) is 24.1 Å². The van der Waals surface area contributed by atoms with Gasteiger partial charge in [-0.15, -0.1) is 11.3 Å². The summed E-state index contributed by atoms with van der Waals surface area (Å²) in [4.78, 5) is 4.81. The van der Waals surface area contributed by atoms with Gasteiger partial charge in [-0.05, 0) is 37.3 Å². The van der Waals surface area contributed by atoms with Gasteiger partial charge in [0, 0.05) is 22.8 Å². The predicted molar refractivity (Wildman–Crippen MR) is 66.4 cm³/mol. The topological polar surface area (TPSA) is 3.24 Å². The molecule has 1 aromatic rings. The van der Waals surface area contributed by atoms with Crippen LogP contribution < -0.4 is 0 Å². The lowest BCUT2D eigenvalue weighted by molar-refractivity contribution is 0.239. The van der Waals surface area contributed by atoms with Crippen LogP contribution in [0.4, 0.5) is 0 Å². The Kier molecular flexibility index (Phi) is 4.02. The normalized spacial score (nSPS) is 23.9. The molecule has 3 heteroatoms. The third-order valence-corrected chi connectivity index (χ3v) is 4.39. The first-order valence-electron chi connectivity index (χ1n) is 5.23. The van der Waals surface area contributed by atoms with Crippen molar-refractivity contribution in [3.05, 3.63) is 22.4 Å². The molecule has 0 N–H and O–H groups in total. The van der Waals surface area contributed by atoms with Crippen LogP contribution in [-0.4, -0.2) is 29.4 Å². The van der Waals surface area contributed by atoms with Crippen molar-refractivity contribution in [1.82, 2.24) is 4.90 Å². The van der Waals surface area contributed by atoms with Crippen molar-refractivity contribution in [1.29, 1.82) is 0 Å². The van der Waals surface area contributed by atoms with E-state index in [4.69, 9.17) is 0 Å². The minimum absolute atomic E-state index is 0.722. The van der Waals surface area contributed by atoms with E-state index < -0.39 is 0 Å². The molecule has 0 bridgehead atoms. The Labute approximate surface area is 98.2 Å². The predicted octanol–water partition coefficient (Wildman–Crippen LogP) is 3.15. The molecule has 1 aliphatic heterocycles. The van der Waals surface area contributed by atoms with E-state index in [1.54, 1.807) is 0 Å². The van der Waals surface area contributed by atoms with Crippen LogP contribution in [0.15, 0.2) is 17.5 Å². The van der Waals surface area contributed by atoms with Gasteiger partial charge < -0.3 is 4.90 Å². The number of thiophene rings is 1. The van der Waals surface area contributed by atoms with E-state index in [0.29, 0.717) is 0 Å². The van der Waals surface area contributed by atoms with Crippen molar-refractivity contribution in [2.75, 3.05) is 19.6 Å². The molecule has 1 atom stereocenters. The highest BCUT2D eigenvalue weighted by atomic mass is 79.9. The molecule has 1 aromatic heterocycles. The van der Waals surface area contributed by atoms with Crippen LogP contribution in [0.2, 0.25) is 0 Å². The summed E-state index contributed by atoms with van der Waals surface area (Å²) in [5.41, 5.74) is 0. The van der Waals surface area contributed by atoms with E-state index in [9.17, 15) is 0 Å². The van der Waals surface area contributed by atoms with Gasteiger partial charge in [0.25, 0.3) is 0 Å². The fourth-order valence-electron chi connectivity index (χ4n) is 1.93. The highest BCUT2D eigenvalue weighted by Gasteiger charge is 2.16. The summed E-state index contributed by atoms with van der Waals surface area (Å²) in [6.45, 7) is 3.74. The highest BCUT2D eigenvalue weighted by Crippen LogP contribution is 2.17. The molecule has 14 heavy (non-hydrogen) atoms. The maximum Gasteiger partial charge on any atom is 0.0273 e. The van der Waals surface area contributed by atoms with E-state index in [-0.39, 0.29) is 0 Å². The molecule has 0 radical (unpaired) electrons. The van der Waals surface area contributed by atoms with Gasteiger partial charge in [0.1, 0.15) is 0 Å². The molecule has 1 nitrogen and oxygen atoms in total. The average Bonchev–Trinajstić information content (AvgIpc) is 2.67. The van der Waals surface area contributed by atoms with E-state index >= 15 is 0 Å². The molecule has 2 heterocycles. The second-order valence-electron chi connectivity index (χ2n) is 3.87. The van der Waals surface area contributed by atoms with Gasteiger partial charge in [0.15, 0.2) is 0 Å².